The average molecular weight is 586 g/mol. The van der Waals surface area contributed by atoms with Crippen LogP contribution < -0.4 is 24.8 Å². The van der Waals surface area contributed by atoms with Crippen LogP contribution in [-0.2, 0) is 11.4 Å². The normalized spacial score (nSPS) is 14.2. The fraction of sp³-hybridized carbons (Fsp3) is 0.281. The van der Waals surface area contributed by atoms with Crippen molar-refractivity contribution < 1.29 is 19.0 Å². The molecule has 1 aliphatic heterocycles. The van der Waals surface area contributed by atoms with E-state index < -0.39 is 6.04 Å². The fourth-order valence-electron chi connectivity index (χ4n) is 4.74. The number of nitrogens with one attached hydrogen (secondary N) is 2. The minimum absolute atomic E-state index is 0.280. The molecule has 1 aliphatic rings. The third kappa shape index (κ3) is 6.23. The Hall–Kier alpha value is -4.44. The van der Waals surface area contributed by atoms with Gasteiger partial charge in [-0.05, 0) is 55.7 Å². The zero-order valence-electron chi connectivity index (χ0n) is 24.4. The molecule has 0 radical (unpaired) electrons. The second-order valence-corrected chi connectivity index (χ2v) is 11.0. The van der Waals surface area contributed by atoms with Gasteiger partial charge in [0.15, 0.2) is 11.5 Å². The van der Waals surface area contributed by atoms with Crippen LogP contribution in [0.1, 0.15) is 43.0 Å². The molecule has 0 bridgehead atoms. The van der Waals surface area contributed by atoms with Crippen LogP contribution in [0.15, 0.2) is 83.2 Å². The number of allylic oxidation sites excluding steroid dienone is 1. The van der Waals surface area contributed by atoms with E-state index in [-0.39, 0.29) is 5.91 Å². The Bertz CT molecular complexity index is 1600. The lowest BCUT2D eigenvalue weighted by atomic mass is 9.94. The smallest absolute Gasteiger partial charge is 0.255 e. The number of anilines is 2. The van der Waals surface area contributed by atoms with Crippen LogP contribution in [0.4, 0.5) is 11.6 Å². The maximum absolute atomic E-state index is 13.9. The van der Waals surface area contributed by atoms with Gasteiger partial charge in [0.05, 0.1) is 25.5 Å². The van der Waals surface area contributed by atoms with Gasteiger partial charge in [-0.15, -0.1) is 5.10 Å². The summed E-state index contributed by atoms with van der Waals surface area (Å²) in [6.07, 6.45) is 0.997. The summed E-state index contributed by atoms with van der Waals surface area (Å²) in [7, 11) is 3.18. The molecule has 1 amide bonds. The first-order valence-corrected chi connectivity index (χ1v) is 14.8. The number of benzene rings is 3. The van der Waals surface area contributed by atoms with E-state index in [1.165, 1.54) is 5.56 Å². The summed E-state index contributed by atoms with van der Waals surface area (Å²) in [6.45, 7) is 6.45. The van der Waals surface area contributed by atoms with E-state index in [9.17, 15) is 4.79 Å². The number of thioether (sulfide) groups is 1. The molecule has 4 aromatic rings. The van der Waals surface area contributed by atoms with Gasteiger partial charge in [0.1, 0.15) is 18.4 Å². The molecule has 2 heterocycles. The van der Waals surface area contributed by atoms with Crippen molar-refractivity contribution in [3.8, 4) is 17.2 Å². The molecule has 1 atom stereocenters. The van der Waals surface area contributed by atoms with Crippen LogP contribution in [0.25, 0.3) is 0 Å². The second kappa shape index (κ2) is 13.0. The molecule has 2 N–H and O–H groups in total. The molecule has 0 aliphatic carbocycles. The third-order valence-corrected chi connectivity index (χ3v) is 7.93. The number of fused-ring (bicyclic) bond motifs is 1. The Morgan fingerprint density at radius 1 is 1.00 bits per heavy atom. The molecule has 9 nitrogen and oxygen atoms in total. The first-order chi connectivity index (χ1) is 20.4. The van der Waals surface area contributed by atoms with Crippen molar-refractivity contribution in [3.05, 3.63) is 94.7 Å². The Labute approximate surface area is 250 Å². The zero-order chi connectivity index (χ0) is 29.6. The fourth-order valence-corrected chi connectivity index (χ4v) is 5.43. The summed E-state index contributed by atoms with van der Waals surface area (Å²) in [6, 6.07) is 20.7. The van der Waals surface area contributed by atoms with Crippen molar-refractivity contribution in [2.24, 2.45) is 0 Å². The standard InChI is InChI=1S/C32H35N5O4S/c1-6-17-42-32-35-31-33-21(3)28(30(38)34-24-9-7-8-10-25(24)39-4)29(37(31)36-32)23-15-16-26(27(18-23)40-5)41-19-22-13-11-20(2)12-14-22/h7-16,18,29H,6,17,19H2,1-5H3,(H,34,38)(H,33,35,36). The summed E-state index contributed by atoms with van der Waals surface area (Å²) < 4.78 is 19.1. The number of nitrogens with zero attached hydrogens (tertiary/aromatic N) is 3. The number of rotatable bonds is 11. The van der Waals surface area contributed by atoms with E-state index in [1.54, 1.807) is 36.7 Å². The van der Waals surface area contributed by atoms with Crippen LogP contribution in [0, 0.1) is 6.92 Å². The second-order valence-electron chi connectivity index (χ2n) is 9.92. The number of amides is 1. The van der Waals surface area contributed by atoms with Crippen LogP contribution in [0.3, 0.4) is 0 Å². The highest BCUT2D eigenvalue weighted by atomic mass is 32.2. The number of aromatic nitrogens is 3. The topological polar surface area (TPSA) is 99.5 Å². The molecule has 0 saturated heterocycles. The zero-order valence-corrected chi connectivity index (χ0v) is 25.2. The van der Waals surface area contributed by atoms with Crippen LogP contribution >= 0.6 is 11.8 Å². The van der Waals surface area contributed by atoms with Gasteiger partial charge in [-0.2, -0.15) is 4.98 Å². The van der Waals surface area contributed by atoms with Crippen LogP contribution in [0.5, 0.6) is 17.2 Å². The molecule has 10 heteroatoms. The minimum atomic E-state index is -0.570. The number of hydrogen-bond acceptors (Lipinski definition) is 8. The number of methoxy groups -OCH3 is 2. The van der Waals surface area contributed by atoms with Gasteiger partial charge in [-0.1, -0.05) is 66.7 Å². The Kier molecular flexibility index (Phi) is 9.02. The highest BCUT2D eigenvalue weighted by Gasteiger charge is 2.35. The summed E-state index contributed by atoms with van der Waals surface area (Å²) in [5.74, 6) is 2.92. The van der Waals surface area contributed by atoms with Gasteiger partial charge in [0.2, 0.25) is 11.1 Å². The number of carbonyl (C=O) groups is 1. The SMILES string of the molecule is CCCSc1nc2n(n1)C(c1ccc(OCc3ccc(C)cc3)c(OC)c1)C(C(=O)Nc1ccccc1OC)=C(C)N2. The van der Waals surface area contributed by atoms with Gasteiger partial charge >= 0.3 is 0 Å². The van der Waals surface area contributed by atoms with Crippen molar-refractivity contribution in [1.82, 2.24) is 14.8 Å². The third-order valence-electron chi connectivity index (χ3n) is 6.89. The van der Waals surface area contributed by atoms with Gasteiger partial charge in [0, 0.05) is 11.4 Å². The van der Waals surface area contributed by atoms with Crippen molar-refractivity contribution in [2.45, 2.75) is 45.0 Å². The number of carbonyl (C=O) groups excluding carboxylic acids is 1. The Morgan fingerprint density at radius 3 is 2.50 bits per heavy atom. The molecule has 0 fully saturated rings. The minimum Gasteiger partial charge on any atom is -0.495 e. The summed E-state index contributed by atoms with van der Waals surface area (Å²) in [5.41, 5.74) is 4.81. The summed E-state index contributed by atoms with van der Waals surface area (Å²) >= 11 is 1.58. The van der Waals surface area contributed by atoms with Crippen molar-refractivity contribution in [3.63, 3.8) is 0 Å². The van der Waals surface area contributed by atoms with E-state index in [0.29, 0.717) is 51.9 Å². The molecular formula is C32H35N5O4S. The van der Waals surface area contributed by atoms with Gasteiger partial charge < -0.3 is 24.8 Å². The molecule has 1 aromatic heterocycles. The Balaban J connectivity index is 1.51. The maximum Gasteiger partial charge on any atom is 0.255 e. The molecule has 0 spiro atoms. The lowest BCUT2D eigenvalue weighted by Gasteiger charge is -2.29. The molecule has 3 aromatic carbocycles. The van der Waals surface area contributed by atoms with Crippen LogP contribution in [0.2, 0.25) is 0 Å². The predicted octanol–water partition coefficient (Wildman–Crippen LogP) is 6.61. The molecule has 5 rings (SSSR count). The van der Waals surface area contributed by atoms with E-state index in [2.05, 4.69) is 36.6 Å². The van der Waals surface area contributed by atoms with Crippen molar-refractivity contribution >= 4 is 29.3 Å². The molecule has 218 valence electrons. The molecule has 0 saturated carbocycles. The number of hydrogen-bond donors (Lipinski definition) is 2. The molecular weight excluding hydrogens is 550 g/mol. The highest BCUT2D eigenvalue weighted by molar-refractivity contribution is 7.99. The van der Waals surface area contributed by atoms with E-state index in [4.69, 9.17) is 24.3 Å². The monoisotopic (exact) mass is 585 g/mol. The van der Waals surface area contributed by atoms with Gasteiger partial charge in [-0.3, -0.25) is 4.79 Å². The number of para-hydroxylation sites is 2. The van der Waals surface area contributed by atoms with Gasteiger partial charge in [-0.25, -0.2) is 4.68 Å². The van der Waals surface area contributed by atoms with Crippen molar-refractivity contribution in [1.29, 1.82) is 0 Å². The summed E-state index contributed by atoms with van der Waals surface area (Å²) in [5, 5.41) is 11.8. The van der Waals surface area contributed by atoms with E-state index >= 15 is 0 Å². The van der Waals surface area contributed by atoms with Crippen molar-refractivity contribution in [2.75, 3.05) is 30.6 Å². The maximum atomic E-state index is 13.9. The van der Waals surface area contributed by atoms with Gasteiger partial charge in [0.25, 0.3) is 5.91 Å². The molecule has 42 heavy (non-hydrogen) atoms. The highest BCUT2D eigenvalue weighted by Crippen LogP contribution is 2.40. The first kappa shape index (κ1) is 29.1. The van der Waals surface area contributed by atoms with E-state index in [0.717, 1.165) is 23.3 Å². The first-order valence-electron chi connectivity index (χ1n) is 13.8. The summed E-state index contributed by atoms with van der Waals surface area (Å²) in [4.78, 5) is 18.6. The Morgan fingerprint density at radius 2 is 1.76 bits per heavy atom. The van der Waals surface area contributed by atoms with Crippen LogP contribution in [-0.4, -0.2) is 40.6 Å². The quantitative estimate of drug-likeness (QED) is 0.190. The average Bonchev–Trinajstić information content (AvgIpc) is 3.41. The molecule has 1 unspecified atom stereocenters. The van der Waals surface area contributed by atoms with E-state index in [1.807, 2.05) is 55.5 Å². The largest absolute Gasteiger partial charge is 0.495 e. The lowest BCUT2D eigenvalue weighted by Crippen LogP contribution is -2.31. The lowest BCUT2D eigenvalue weighted by molar-refractivity contribution is -0.113. The predicted molar refractivity (Wildman–Crippen MR) is 166 cm³/mol. The number of aryl methyl sites for hydroxylation is 1. The number of ether oxygens (including phenoxy) is 3.